The number of esters is 2. The number of phenols is 1. The maximum atomic E-state index is 12.8. The van der Waals surface area contributed by atoms with Gasteiger partial charge in [-0.3, -0.25) is 9.59 Å². The number of ether oxygens (including phenoxy) is 2. The minimum Gasteiger partial charge on any atom is -0.507 e. The highest BCUT2D eigenvalue weighted by molar-refractivity contribution is 7.80. The van der Waals surface area contributed by atoms with Crippen molar-refractivity contribution in [2.45, 2.75) is 263 Å². The first-order valence-electron chi connectivity index (χ1n) is 24.6. The van der Waals surface area contributed by atoms with Gasteiger partial charge in [0.05, 0.1) is 26.1 Å². The van der Waals surface area contributed by atoms with Crippen LogP contribution in [0.25, 0.3) is 0 Å². The first kappa shape index (κ1) is 54.7. The Morgan fingerprint density at radius 3 is 0.879 bits per heavy atom. The van der Waals surface area contributed by atoms with Gasteiger partial charge in [-0.2, -0.15) is 25.3 Å². The number of phenolic OH excluding ortho intramolecular Hbond substituents is 1. The van der Waals surface area contributed by atoms with E-state index in [4.69, 9.17) is 34.7 Å². The topological polar surface area (TPSA) is 72.8 Å². The summed E-state index contributed by atoms with van der Waals surface area (Å²) in [6.45, 7) is 11.1. The second kappa shape index (κ2) is 37.4. The fourth-order valence-electron chi connectivity index (χ4n) is 8.55. The Morgan fingerprint density at radius 2 is 0.638 bits per heavy atom. The number of benzene rings is 1. The molecule has 0 fully saturated rings. The summed E-state index contributed by atoms with van der Waals surface area (Å²) in [4.78, 5) is 25.6. The Kier molecular flexibility index (Phi) is 35.3. The van der Waals surface area contributed by atoms with E-state index in [0.717, 1.165) is 42.4 Å². The van der Waals surface area contributed by atoms with Crippen molar-refractivity contribution in [3.05, 3.63) is 27.8 Å². The first-order chi connectivity index (χ1) is 28.1. The Hall–Kier alpha value is -1.34. The molecule has 58 heavy (non-hydrogen) atoms. The fourth-order valence-corrected chi connectivity index (χ4v) is 9.63. The molecule has 0 bridgehead atoms. The van der Waals surface area contributed by atoms with Gasteiger partial charge in [0.2, 0.25) is 0 Å². The second-order valence-corrected chi connectivity index (χ2v) is 18.8. The zero-order valence-electron chi connectivity index (χ0n) is 38.6. The zero-order valence-corrected chi connectivity index (χ0v) is 40.4. The van der Waals surface area contributed by atoms with Crippen molar-refractivity contribution in [3.63, 3.8) is 0 Å². The number of carbonyl (C=O) groups excluding carboxylic acids is 2. The summed E-state index contributed by atoms with van der Waals surface area (Å²) in [5.74, 6) is -0.389. The van der Waals surface area contributed by atoms with Crippen molar-refractivity contribution < 1.29 is 24.2 Å². The lowest BCUT2D eigenvalue weighted by Gasteiger charge is -2.25. The van der Waals surface area contributed by atoms with Crippen LogP contribution in [0.2, 0.25) is 0 Å². The van der Waals surface area contributed by atoms with E-state index < -0.39 is 10.5 Å². The van der Waals surface area contributed by atoms with E-state index in [-0.39, 0.29) is 30.5 Å². The summed E-state index contributed by atoms with van der Waals surface area (Å²) in [6.07, 6.45) is 42.1. The molecule has 0 saturated heterocycles. The Bertz CT molecular complexity index is 1090. The zero-order chi connectivity index (χ0) is 42.6. The van der Waals surface area contributed by atoms with Gasteiger partial charge in [0.15, 0.2) is 0 Å². The summed E-state index contributed by atoms with van der Waals surface area (Å²) < 4.78 is 11.2. The molecule has 0 radical (unpaired) electrons. The van der Waals surface area contributed by atoms with Crippen LogP contribution in [-0.2, 0) is 19.1 Å². The normalized spacial score (nSPS) is 12.5. The Labute approximate surface area is 370 Å². The molecule has 0 saturated carbocycles. The number of carbonyl (C=O) groups is 2. The van der Waals surface area contributed by atoms with Gasteiger partial charge in [-0.25, -0.2) is 0 Å². The van der Waals surface area contributed by atoms with Gasteiger partial charge in [0, 0.05) is 10.5 Å². The number of rotatable bonds is 40. The number of hydrogen-bond acceptors (Lipinski definition) is 7. The Balaban J connectivity index is 2.26. The molecular weight excluding hydrogens is 757 g/mol. The van der Waals surface area contributed by atoms with Crippen molar-refractivity contribution >= 4 is 37.2 Å². The minimum absolute atomic E-state index is 0.115. The summed E-state index contributed by atoms with van der Waals surface area (Å²) in [6, 6.07) is 0. The molecule has 0 heterocycles. The van der Waals surface area contributed by atoms with Crippen LogP contribution in [-0.4, -0.2) is 30.3 Å². The predicted octanol–water partition coefficient (Wildman–Crippen LogP) is 16.6. The summed E-state index contributed by atoms with van der Waals surface area (Å²) in [5.41, 5.74) is 3.93. The van der Waals surface area contributed by atoms with Crippen LogP contribution in [0, 0.1) is 20.8 Å². The molecule has 0 aliphatic heterocycles. The van der Waals surface area contributed by atoms with Crippen LogP contribution in [0.15, 0.2) is 0 Å². The molecule has 338 valence electrons. The number of aromatic hydroxyl groups is 1. The third kappa shape index (κ3) is 26.8. The molecule has 0 aromatic heterocycles. The van der Waals surface area contributed by atoms with Gasteiger partial charge in [-0.15, -0.1) is 0 Å². The highest BCUT2D eigenvalue weighted by Crippen LogP contribution is 2.43. The average molecular weight is 849 g/mol. The predicted molar refractivity (Wildman–Crippen MR) is 256 cm³/mol. The summed E-state index contributed by atoms with van der Waals surface area (Å²) in [5, 5.41) is 10.2. The summed E-state index contributed by atoms with van der Waals surface area (Å²) in [7, 11) is 0. The van der Waals surface area contributed by atoms with Gasteiger partial charge < -0.3 is 14.6 Å². The van der Waals surface area contributed by atoms with Crippen molar-refractivity contribution in [1.82, 2.24) is 0 Å². The smallest absolute Gasteiger partial charge is 0.307 e. The molecule has 2 unspecified atom stereocenters. The van der Waals surface area contributed by atoms with Crippen molar-refractivity contribution in [3.8, 4) is 5.75 Å². The van der Waals surface area contributed by atoms with Gasteiger partial charge in [0.1, 0.15) is 5.75 Å². The van der Waals surface area contributed by atoms with Gasteiger partial charge >= 0.3 is 11.9 Å². The van der Waals surface area contributed by atoms with Gasteiger partial charge in [0.25, 0.3) is 0 Å². The fraction of sp³-hybridized carbons (Fsp3) is 0.843. The van der Waals surface area contributed by atoms with E-state index in [1.807, 2.05) is 20.8 Å². The molecule has 0 aliphatic carbocycles. The molecule has 5 nitrogen and oxygen atoms in total. The van der Waals surface area contributed by atoms with E-state index >= 15 is 0 Å². The van der Waals surface area contributed by atoms with Crippen LogP contribution >= 0.6 is 25.3 Å². The van der Waals surface area contributed by atoms with E-state index in [1.54, 1.807) is 0 Å². The van der Waals surface area contributed by atoms with Crippen molar-refractivity contribution in [2.24, 2.45) is 0 Å². The van der Waals surface area contributed by atoms with E-state index in [0.29, 0.717) is 24.3 Å². The molecule has 7 heteroatoms. The van der Waals surface area contributed by atoms with Crippen molar-refractivity contribution in [1.29, 1.82) is 0 Å². The van der Waals surface area contributed by atoms with Crippen LogP contribution in [0.3, 0.4) is 0 Å². The lowest BCUT2D eigenvalue weighted by Crippen LogP contribution is -2.14. The third-order valence-corrected chi connectivity index (χ3v) is 13.1. The van der Waals surface area contributed by atoms with Crippen molar-refractivity contribution in [2.75, 3.05) is 13.2 Å². The van der Waals surface area contributed by atoms with Crippen LogP contribution < -0.4 is 0 Å². The SMILES string of the molecule is CCCCCCCCCCCCCCCCCCOC(=O)CC(S)c1c(C)c(O)c(C)c(C(S)CC(=O)OCCCCCCCCCCCCCCCCCC)c1C. The number of unbranched alkanes of at least 4 members (excludes halogenated alkanes) is 30. The minimum atomic E-state index is -0.439. The molecule has 0 spiro atoms. The molecule has 1 N–H and O–H groups in total. The van der Waals surface area contributed by atoms with Crippen LogP contribution in [0.4, 0.5) is 0 Å². The van der Waals surface area contributed by atoms with Gasteiger partial charge in [-0.1, -0.05) is 206 Å². The standard InChI is InChI=1S/C51H92O5S2/c1-6-8-10-12-14-16-18-20-22-24-26-28-30-32-34-36-38-55-47(52)40-45(57)49-42(3)50(44(5)51(54)43(49)4)46(58)41-48(53)56-39-37-35-33-31-29-27-25-23-21-19-17-15-13-11-9-7-2/h45-46,54,57-58H,6-41H2,1-5H3. The van der Waals surface area contributed by atoms with E-state index in [9.17, 15) is 14.7 Å². The van der Waals surface area contributed by atoms with Gasteiger partial charge in [-0.05, 0) is 61.4 Å². The highest BCUT2D eigenvalue weighted by atomic mass is 32.1. The van der Waals surface area contributed by atoms with Crippen LogP contribution in [0.5, 0.6) is 5.75 Å². The average Bonchev–Trinajstić information content (AvgIpc) is 3.19. The second-order valence-electron chi connectivity index (χ2n) is 17.5. The Morgan fingerprint density at radius 1 is 0.414 bits per heavy atom. The molecule has 0 amide bonds. The first-order valence-corrected chi connectivity index (χ1v) is 25.7. The summed E-state index contributed by atoms with van der Waals surface area (Å²) >= 11 is 9.64. The third-order valence-electron chi connectivity index (χ3n) is 12.2. The maximum Gasteiger partial charge on any atom is 0.307 e. The van der Waals surface area contributed by atoms with E-state index in [1.165, 1.54) is 180 Å². The molecular formula is C51H92O5S2. The molecule has 1 aromatic rings. The van der Waals surface area contributed by atoms with Crippen LogP contribution in [0.1, 0.15) is 270 Å². The number of thiol groups is 2. The lowest BCUT2D eigenvalue weighted by molar-refractivity contribution is -0.144. The molecule has 0 aliphatic rings. The largest absolute Gasteiger partial charge is 0.507 e. The monoisotopic (exact) mass is 849 g/mol. The highest BCUT2D eigenvalue weighted by Gasteiger charge is 2.27. The molecule has 1 rings (SSSR count). The lowest BCUT2D eigenvalue weighted by atomic mass is 9.87. The quantitative estimate of drug-likeness (QED) is 0.0349. The maximum absolute atomic E-state index is 12.8. The van der Waals surface area contributed by atoms with E-state index in [2.05, 4.69) is 13.8 Å². The molecule has 1 aromatic carbocycles. The molecule has 2 atom stereocenters. The number of hydrogen-bond donors (Lipinski definition) is 3.